The molecular formula is C21H14Cl2F2N2O2. The van der Waals surface area contributed by atoms with Crippen LogP contribution in [0.15, 0.2) is 47.3 Å². The summed E-state index contributed by atoms with van der Waals surface area (Å²) in [6.45, 7) is -1.46. The van der Waals surface area contributed by atoms with Gasteiger partial charge in [-0.2, -0.15) is 8.78 Å². The van der Waals surface area contributed by atoms with Gasteiger partial charge in [0.1, 0.15) is 5.65 Å². The fourth-order valence-electron chi connectivity index (χ4n) is 3.61. The van der Waals surface area contributed by atoms with Crippen LogP contribution in [0.25, 0.3) is 33.1 Å². The molecule has 2 aromatic heterocycles. The number of hydrogen-bond acceptors (Lipinski definition) is 2. The first-order valence-corrected chi connectivity index (χ1v) is 9.38. The maximum absolute atomic E-state index is 13.9. The second-order valence-corrected chi connectivity index (χ2v) is 7.56. The highest BCUT2D eigenvalue weighted by atomic mass is 35.5. The zero-order chi connectivity index (χ0) is 21.0. The number of Topliss-reactive ketones (excluding diaryl/α,β-unsaturated/α-hetero) is 1. The van der Waals surface area contributed by atoms with Crippen LogP contribution < -0.4 is 5.56 Å². The Morgan fingerprint density at radius 3 is 2.34 bits per heavy atom. The van der Waals surface area contributed by atoms with Gasteiger partial charge in [-0.25, -0.2) is 0 Å². The van der Waals surface area contributed by atoms with Gasteiger partial charge in [-0.15, -0.1) is 0 Å². The highest BCUT2D eigenvalue weighted by molar-refractivity contribution is 6.36. The standard InChI is InChI=1S/C21H14Cl2F2N2O2/c1-10(28)11-3-6-18-14(7-11)15-9-16(13-5-4-12(22)8-17(13)23)20(29)26(2)19(15)27(18)21(24)25/h3-9,21H,1-2H3. The van der Waals surface area contributed by atoms with Crippen molar-refractivity contribution in [3.8, 4) is 11.1 Å². The first-order chi connectivity index (χ1) is 13.7. The van der Waals surface area contributed by atoms with Gasteiger partial charge in [0.2, 0.25) is 0 Å². The van der Waals surface area contributed by atoms with Crippen molar-refractivity contribution in [1.29, 1.82) is 0 Å². The Morgan fingerprint density at radius 2 is 1.72 bits per heavy atom. The van der Waals surface area contributed by atoms with Crippen LogP contribution in [0.1, 0.15) is 23.8 Å². The molecule has 0 radical (unpaired) electrons. The number of hydrogen-bond donors (Lipinski definition) is 0. The summed E-state index contributed by atoms with van der Waals surface area (Å²) >= 11 is 12.2. The summed E-state index contributed by atoms with van der Waals surface area (Å²) in [6, 6.07) is 10.8. The number of pyridine rings is 1. The number of ketones is 1. The van der Waals surface area contributed by atoms with E-state index in [9.17, 15) is 18.4 Å². The number of alkyl halides is 2. The lowest BCUT2D eigenvalue weighted by Crippen LogP contribution is -2.21. The molecule has 4 rings (SSSR count). The van der Waals surface area contributed by atoms with Crippen molar-refractivity contribution in [3.63, 3.8) is 0 Å². The summed E-state index contributed by atoms with van der Waals surface area (Å²) < 4.78 is 29.8. The molecule has 2 heterocycles. The molecule has 148 valence electrons. The molecule has 0 amide bonds. The number of fused-ring (bicyclic) bond motifs is 3. The molecule has 8 heteroatoms. The maximum Gasteiger partial charge on any atom is 0.320 e. The van der Waals surface area contributed by atoms with Gasteiger partial charge in [-0.3, -0.25) is 18.7 Å². The Kier molecular flexibility index (Phi) is 4.71. The van der Waals surface area contributed by atoms with Gasteiger partial charge in [0, 0.05) is 39.5 Å². The molecule has 4 aromatic rings. The van der Waals surface area contributed by atoms with E-state index in [1.165, 1.54) is 42.8 Å². The third-order valence-corrected chi connectivity index (χ3v) is 5.53. The van der Waals surface area contributed by atoms with E-state index in [2.05, 4.69) is 0 Å². The molecule has 0 aliphatic heterocycles. The van der Waals surface area contributed by atoms with E-state index in [0.717, 1.165) is 4.57 Å². The fraction of sp³-hybridized carbons (Fsp3) is 0.143. The highest BCUT2D eigenvalue weighted by Gasteiger charge is 2.22. The second kappa shape index (κ2) is 6.97. The molecule has 2 aromatic carbocycles. The summed E-state index contributed by atoms with van der Waals surface area (Å²) in [5, 5.41) is 1.56. The molecule has 0 aliphatic rings. The molecule has 0 bridgehead atoms. The van der Waals surface area contributed by atoms with E-state index in [4.69, 9.17) is 23.2 Å². The van der Waals surface area contributed by atoms with Crippen LogP contribution in [0.3, 0.4) is 0 Å². The quantitative estimate of drug-likeness (QED) is 0.367. The summed E-state index contributed by atoms with van der Waals surface area (Å²) in [5.41, 5.74) is 0.912. The predicted molar refractivity (Wildman–Crippen MR) is 111 cm³/mol. The minimum Gasteiger partial charge on any atom is -0.297 e. The third-order valence-electron chi connectivity index (χ3n) is 4.98. The summed E-state index contributed by atoms with van der Waals surface area (Å²) in [6.07, 6.45) is 0. The molecule has 0 aliphatic carbocycles. The van der Waals surface area contributed by atoms with Gasteiger partial charge in [0.25, 0.3) is 5.56 Å². The maximum atomic E-state index is 13.9. The average Bonchev–Trinajstić information content (AvgIpc) is 2.99. The van der Waals surface area contributed by atoms with Crippen LogP contribution in [0.2, 0.25) is 10.0 Å². The van der Waals surface area contributed by atoms with E-state index < -0.39 is 12.1 Å². The van der Waals surface area contributed by atoms with Crippen molar-refractivity contribution in [3.05, 3.63) is 68.4 Å². The zero-order valence-electron chi connectivity index (χ0n) is 15.3. The van der Waals surface area contributed by atoms with E-state index in [0.29, 0.717) is 26.9 Å². The topological polar surface area (TPSA) is 44.0 Å². The lowest BCUT2D eigenvalue weighted by atomic mass is 10.0. The average molecular weight is 435 g/mol. The van der Waals surface area contributed by atoms with Gasteiger partial charge in [-0.05, 0) is 43.3 Å². The summed E-state index contributed by atoms with van der Waals surface area (Å²) in [4.78, 5) is 24.8. The smallest absolute Gasteiger partial charge is 0.297 e. The summed E-state index contributed by atoms with van der Waals surface area (Å²) in [7, 11) is 1.43. The number of halogens is 4. The van der Waals surface area contributed by atoms with Crippen molar-refractivity contribution in [2.24, 2.45) is 7.05 Å². The second-order valence-electron chi connectivity index (χ2n) is 6.72. The molecule has 0 saturated heterocycles. The molecule has 0 atom stereocenters. The molecule has 0 unspecified atom stereocenters. The third kappa shape index (κ3) is 3.03. The van der Waals surface area contributed by atoms with Gasteiger partial charge in [-0.1, -0.05) is 29.3 Å². The number of nitrogens with zero attached hydrogens (tertiary/aromatic N) is 2. The van der Waals surface area contributed by atoms with E-state index >= 15 is 0 Å². The number of carbonyl (C=O) groups is 1. The number of aryl methyl sites for hydroxylation is 1. The van der Waals surface area contributed by atoms with Crippen molar-refractivity contribution in [2.75, 3.05) is 0 Å². The van der Waals surface area contributed by atoms with Gasteiger partial charge < -0.3 is 0 Å². The van der Waals surface area contributed by atoms with Gasteiger partial charge >= 0.3 is 6.55 Å². The molecule has 29 heavy (non-hydrogen) atoms. The summed E-state index contributed by atoms with van der Waals surface area (Å²) in [5.74, 6) is -0.185. The molecule has 0 fully saturated rings. The van der Waals surface area contributed by atoms with Crippen LogP contribution in [0.4, 0.5) is 8.78 Å². The van der Waals surface area contributed by atoms with E-state index in [1.807, 2.05) is 0 Å². The van der Waals surface area contributed by atoms with E-state index in [1.54, 1.807) is 18.2 Å². The predicted octanol–water partition coefficient (Wildman–Crippen LogP) is 6.06. The molecule has 0 saturated carbocycles. The normalized spacial score (nSPS) is 11.7. The van der Waals surface area contributed by atoms with Crippen LogP contribution in [-0.2, 0) is 7.05 Å². The largest absolute Gasteiger partial charge is 0.320 e. The van der Waals surface area contributed by atoms with Crippen LogP contribution in [0.5, 0.6) is 0 Å². The number of rotatable bonds is 3. The highest BCUT2D eigenvalue weighted by Crippen LogP contribution is 2.36. The Labute approximate surface area is 173 Å². The Balaban J connectivity index is 2.19. The molecule has 4 nitrogen and oxygen atoms in total. The van der Waals surface area contributed by atoms with Crippen molar-refractivity contribution in [2.45, 2.75) is 13.5 Å². The fourth-order valence-corrected chi connectivity index (χ4v) is 4.12. The SMILES string of the molecule is CC(=O)c1ccc2c(c1)c1cc(-c3ccc(Cl)cc3Cl)c(=O)n(C)c1n2C(F)F. The Morgan fingerprint density at radius 1 is 1.00 bits per heavy atom. The van der Waals surface area contributed by atoms with Crippen molar-refractivity contribution < 1.29 is 13.6 Å². The van der Waals surface area contributed by atoms with Crippen LogP contribution in [0, 0.1) is 0 Å². The number of carbonyl (C=O) groups excluding carboxylic acids is 1. The Bertz CT molecular complexity index is 1370. The van der Waals surface area contributed by atoms with Crippen LogP contribution >= 0.6 is 23.2 Å². The molecule has 0 spiro atoms. The van der Waals surface area contributed by atoms with Crippen molar-refractivity contribution >= 4 is 50.9 Å². The number of aromatic nitrogens is 2. The Hall–Kier alpha value is -2.70. The minimum atomic E-state index is -2.87. The lowest BCUT2D eigenvalue weighted by Gasteiger charge is -2.11. The molecule has 0 N–H and O–H groups in total. The number of benzene rings is 2. The first kappa shape index (κ1) is 19.6. The van der Waals surface area contributed by atoms with Crippen LogP contribution in [-0.4, -0.2) is 14.9 Å². The molecular weight excluding hydrogens is 421 g/mol. The van der Waals surface area contributed by atoms with Crippen molar-refractivity contribution in [1.82, 2.24) is 9.13 Å². The monoisotopic (exact) mass is 434 g/mol. The first-order valence-electron chi connectivity index (χ1n) is 8.63. The lowest BCUT2D eigenvalue weighted by molar-refractivity contribution is 0.0785. The van der Waals surface area contributed by atoms with Gasteiger partial charge in [0.15, 0.2) is 5.78 Å². The van der Waals surface area contributed by atoms with Gasteiger partial charge in [0.05, 0.1) is 10.5 Å². The minimum absolute atomic E-state index is 0.0644. The van der Waals surface area contributed by atoms with E-state index in [-0.39, 0.29) is 27.5 Å². The zero-order valence-corrected chi connectivity index (χ0v) is 16.9.